The molecular formula is C17H29N5O. The maximum absolute atomic E-state index is 12.5. The van der Waals surface area contributed by atoms with Crippen LogP contribution in [0.15, 0.2) is 18.3 Å². The number of hydrazine groups is 1. The number of carbonyl (C=O) groups excluding carboxylic acids is 1. The van der Waals surface area contributed by atoms with E-state index in [-0.39, 0.29) is 17.4 Å². The minimum Gasteiger partial charge on any atom is -0.326 e. The summed E-state index contributed by atoms with van der Waals surface area (Å²) in [6, 6.07) is 3.65. The first kappa shape index (κ1) is 17.7. The SMILES string of the molecule is CN(C)Nc1cc(NC(=O)[C@H]2CC[C@H](C(C)(C)N)CC2)ccn1. The molecule has 0 atom stereocenters. The fourth-order valence-electron chi connectivity index (χ4n) is 3.14. The first-order chi connectivity index (χ1) is 10.8. The summed E-state index contributed by atoms with van der Waals surface area (Å²) < 4.78 is 0. The van der Waals surface area contributed by atoms with Gasteiger partial charge in [-0.25, -0.2) is 9.99 Å². The molecule has 0 aliphatic heterocycles. The Balaban J connectivity index is 1.90. The van der Waals surface area contributed by atoms with E-state index in [0.29, 0.717) is 11.7 Å². The summed E-state index contributed by atoms with van der Waals surface area (Å²) in [7, 11) is 3.79. The van der Waals surface area contributed by atoms with Gasteiger partial charge in [0.1, 0.15) is 5.82 Å². The van der Waals surface area contributed by atoms with Crippen LogP contribution in [0.5, 0.6) is 0 Å². The summed E-state index contributed by atoms with van der Waals surface area (Å²) in [5, 5.41) is 4.82. The standard InChI is InChI=1S/C17H29N5O/c1-17(2,18)13-7-5-12(6-8-13)16(23)20-14-9-10-19-15(11-14)21-22(3)4/h9-13H,5-8,18H2,1-4H3,(H2,19,20,21,23)/t12-,13-. The smallest absolute Gasteiger partial charge is 0.227 e. The summed E-state index contributed by atoms with van der Waals surface area (Å²) in [4.78, 5) is 16.7. The highest BCUT2D eigenvalue weighted by Crippen LogP contribution is 2.34. The predicted molar refractivity (Wildman–Crippen MR) is 93.9 cm³/mol. The van der Waals surface area contributed by atoms with Gasteiger partial charge in [-0.05, 0) is 51.5 Å². The Kier molecular flexibility index (Phi) is 5.59. The zero-order valence-corrected chi connectivity index (χ0v) is 14.6. The van der Waals surface area contributed by atoms with Gasteiger partial charge in [0.15, 0.2) is 0 Å². The Morgan fingerprint density at radius 1 is 1.30 bits per heavy atom. The van der Waals surface area contributed by atoms with E-state index in [1.807, 2.05) is 31.2 Å². The van der Waals surface area contributed by atoms with E-state index in [1.165, 1.54) is 0 Å². The molecule has 1 aliphatic rings. The van der Waals surface area contributed by atoms with Crippen molar-refractivity contribution < 1.29 is 4.79 Å². The summed E-state index contributed by atoms with van der Waals surface area (Å²) in [5.74, 6) is 1.39. The lowest BCUT2D eigenvalue weighted by molar-refractivity contribution is -0.121. The van der Waals surface area contributed by atoms with Gasteiger partial charge in [0.25, 0.3) is 0 Å². The summed E-state index contributed by atoms with van der Waals surface area (Å²) in [6.45, 7) is 4.16. The number of nitrogens with zero attached hydrogens (tertiary/aromatic N) is 2. The largest absolute Gasteiger partial charge is 0.326 e. The average Bonchev–Trinajstić information content (AvgIpc) is 2.46. The van der Waals surface area contributed by atoms with Crippen LogP contribution in [0.3, 0.4) is 0 Å². The Bertz CT molecular complexity index is 530. The third kappa shape index (κ3) is 5.18. The van der Waals surface area contributed by atoms with E-state index in [0.717, 1.165) is 31.4 Å². The van der Waals surface area contributed by atoms with Gasteiger partial charge in [0.05, 0.1) is 0 Å². The highest BCUT2D eigenvalue weighted by atomic mass is 16.1. The molecule has 23 heavy (non-hydrogen) atoms. The number of nitrogens with two attached hydrogens (primary N) is 1. The maximum atomic E-state index is 12.5. The minimum absolute atomic E-state index is 0.0759. The average molecular weight is 319 g/mol. The first-order valence-electron chi connectivity index (χ1n) is 8.25. The van der Waals surface area contributed by atoms with Crippen LogP contribution in [-0.4, -0.2) is 35.5 Å². The molecular weight excluding hydrogens is 290 g/mol. The van der Waals surface area contributed by atoms with Crippen LogP contribution in [0.2, 0.25) is 0 Å². The molecule has 1 aliphatic carbocycles. The van der Waals surface area contributed by atoms with Crippen molar-refractivity contribution in [1.82, 2.24) is 9.99 Å². The molecule has 1 aromatic rings. The number of hydrogen-bond donors (Lipinski definition) is 3. The maximum Gasteiger partial charge on any atom is 0.227 e. The fraction of sp³-hybridized carbons (Fsp3) is 0.647. The molecule has 0 spiro atoms. The van der Waals surface area contributed by atoms with Crippen LogP contribution < -0.4 is 16.5 Å². The second-order valence-electron chi connectivity index (χ2n) is 7.30. The summed E-state index contributed by atoms with van der Waals surface area (Å²) in [5.41, 5.74) is 9.89. The molecule has 0 saturated heterocycles. The lowest BCUT2D eigenvalue weighted by atomic mass is 9.73. The van der Waals surface area contributed by atoms with Crippen LogP contribution >= 0.6 is 0 Å². The van der Waals surface area contributed by atoms with E-state index in [4.69, 9.17) is 5.73 Å². The number of nitrogens with one attached hydrogen (secondary N) is 2. The number of rotatable bonds is 5. The van der Waals surface area contributed by atoms with Gasteiger partial charge in [-0.3, -0.25) is 4.79 Å². The van der Waals surface area contributed by atoms with Crippen LogP contribution in [0.1, 0.15) is 39.5 Å². The third-order valence-corrected chi connectivity index (χ3v) is 4.52. The molecule has 0 radical (unpaired) electrons. The first-order valence-corrected chi connectivity index (χ1v) is 8.25. The van der Waals surface area contributed by atoms with E-state index in [2.05, 4.69) is 29.6 Å². The van der Waals surface area contributed by atoms with Crippen molar-refractivity contribution >= 4 is 17.4 Å². The number of amides is 1. The van der Waals surface area contributed by atoms with Crippen LogP contribution in [0.25, 0.3) is 0 Å². The van der Waals surface area contributed by atoms with Gasteiger partial charge < -0.3 is 16.5 Å². The van der Waals surface area contributed by atoms with Crippen molar-refractivity contribution in [2.75, 3.05) is 24.8 Å². The zero-order valence-electron chi connectivity index (χ0n) is 14.6. The van der Waals surface area contributed by atoms with Gasteiger partial charge >= 0.3 is 0 Å². The van der Waals surface area contributed by atoms with Crippen LogP contribution in [0.4, 0.5) is 11.5 Å². The van der Waals surface area contributed by atoms with Gasteiger partial charge in [-0.2, -0.15) is 0 Å². The molecule has 1 aromatic heterocycles. The van der Waals surface area contributed by atoms with E-state index in [9.17, 15) is 4.79 Å². The number of anilines is 2. The van der Waals surface area contributed by atoms with Crippen LogP contribution in [0, 0.1) is 11.8 Å². The zero-order chi connectivity index (χ0) is 17.0. The van der Waals surface area contributed by atoms with Gasteiger partial charge in [-0.15, -0.1) is 0 Å². The number of pyridine rings is 1. The molecule has 1 amide bonds. The molecule has 0 bridgehead atoms. The van der Waals surface area contributed by atoms with Crippen LogP contribution in [-0.2, 0) is 4.79 Å². The van der Waals surface area contributed by atoms with Crippen molar-refractivity contribution in [2.24, 2.45) is 17.6 Å². The van der Waals surface area contributed by atoms with Crippen molar-refractivity contribution in [3.05, 3.63) is 18.3 Å². The highest BCUT2D eigenvalue weighted by Gasteiger charge is 2.32. The summed E-state index contributed by atoms with van der Waals surface area (Å²) in [6.07, 6.45) is 5.54. The van der Waals surface area contributed by atoms with Crippen molar-refractivity contribution in [3.8, 4) is 0 Å². The van der Waals surface area contributed by atoms with Crippen molar-refractivity contribution in [1.29, 1.82) is 0 Å². The number of carbonyl (C=O) groups is 1. The molecule has 6 nitrogen and oxygen atoms in total. The minimum atomic E-state index is -0.153. The fourth-order valence-corrected chi connectivity index (χ4v) is 3.14. The molecule has 0 aromatic carbocycles. The van der Waals surface area contributed by atoms with Crippen molar-refractivity contribution in [3.63, 3.8) is 0 Å². The Hall–Kier alpha value is -1.66. The Morgan fingerprint density at radius 3 is 2.52 bits per heavy atom. The molecule has 1 saturated carbocycles. The Morgan fingerprint density at radius 2 is 1.96 bits per heavy atom. The molecule has 0 unspecified atom stereocenters. The molecule has 1 fully saturated rings. The lowest BCUT2D eigenvalue weighted by Gasteiger charge is -2.36. The van der Waals surface area contributed by atoms with Gasteiger partial charge in [0.2, 0.25) is 5.91 Å². The van der Waals surface area contributed by atoms with E-state index < -0.39 is 0 Å². The molecule has 1 heterocycles. The van der Waals surface area contributed by atoms with Gasteiger partial charge in [-0.1, -0.05) is 0 Å². The van der Waals surface area contributed by atoms with Crippen molar-refractivity contribution in [2.45, 2.75) is 45.1 Å². The third-order valence-electron chi connectivity index (χ3n) is 4.52. The topological polar surface area (TPSA) is 83.3 Å². The molecule has 2 rings (SSSR count). The van der Waals surface area contributed by atoms with E-state index in [1.54, 1.807) is 6.20 Å². The predicted octanol–water partition coefficient (Wildman–Crippen LogP) is 2.45. The monoisotopic (exact) mass is 319 g/mol. The molecule has 4 N–H and O–H groups in total. The lowest BCUT2D eigenvalue weighted by Crippen LogP contribution is -2.43. The molecule has 128 valence electrons. The molecule has 6 heteroatoms. The number of aromatic nitrogens is 1. The number of hydrogen-bond acceptors (Lipinski definition) is 5. The highest BCUT2D eigenvalue weighted by molar-refractivity contribution is 5.92. The second-order valence-corrected chi connectivity index (χ2v) is 7.30. The Labute approximate surface area is 138 Å². The second kappa shape index (κ2) is 7.27. The normalized spacial score (nSPS) is 22.0. The quantitative estimate of drug-likeness (QED) is 0.726. The summed E-state index contributed by atoms with van der Waals surface area (Å²) >= 11 is 0. The van der Waals surface area contributed by atoms with E-state index >= 15 is 0 Å². The van der Waals surface area contributed by atoms with Gasteiger partial charge in [0, 0.05) is 43.5 Å².